The number of carbonyl (C=O) groups is 1. The normalized spacial score (nSPS) is 13.5. The van der Waals surface area contributed by atoms with E-state index >= 15 is 0 Å². The van der Waals surface area contributed by atoms with Gasteiger partial charge in [-0.1, -0.05) is 38.4 Å². The minimum Gasteiger partial charge on any atom is -0.508 e. The number of phenols is 1. The van der Waals surface area contributed by atoms with E-state index < -0.39 is 5.82 Å². The van der Waals surface area contributed by atoms with Crippen LogP contribution in [0.2, 0.25) is 5.02 Å². The molecule has 1 saturated heterocycles. The van der Waals surface area contributed by atoms with Crippen LogP contribution in [0.1, 0.15) is 55.4 Å². The number of likely N-dealkylation sites (tertiary alicyclic amines) is 1. The van der Waals surface area contributed by atoms with Gasteiger partial charge in [0.1, 0.15) is 17.3 Å². The lowest BCUT2D eigenvalue weighted by atomic mass is 9.93. The Morgan fingerprint density at radius 1 is 1.28 bits per heavy atom. The molecule has 1 aliphatic heterocycles. The third-order valence-corrected chi connectivity index (χ3v) is 5.73. The number of aryl methyl sites for hydroxylation is 1. The van der Waals surface area contributed by atoms with Gasteiger partial charge in [-0.25, -0.2) is 4.39 Å². The number of amides is 1. The van der Waals surface area contributed by atoms with Crippen LogP contribution in [0.5, 0.6) is 11.5 Å². The fraction of sp³-hybridized carbons (Fsp3) is 0.435. The minimum absolute atomic E-state index is 0.0107. The molecule has 0 saturated carbocycles. The molecule has 156 valence electrons. The second-order valence-corrected chi connectivity index (χ2v) is 8.13. The first kappa shape index (κ1) is 21.4. The van der Waals surface area contributed by atoms with Crippen molar-refractivity contribution >= 4 is 17.5 Å². The number of nitrogens with zero attached hydrogens (tertiary/aromatic N) is 1. The quantitative estimate of drug-likeness (QED) is 0.681. The second-order valence-electron chi connectivity index (χ2n) is 7.72. The zero-order valence-electron chi connectivity index (χ0n) is 17.1. The Hall–Kier alpha value is -2.27. The van der Waals surface area contributed by atoms with Gasteiger partial charge in [-0.3, -0.25) is 4.79 Å². The number of hydrogen-bond donors (Lipinski definition) is 1. The first-order valence-electron chi connectivity index (χ1n) is 10.0. The fourth-order valence-corrected chi connectivity index (χ4v) is 3.86. The summed E-state index contributed by atoms with van der Waals surface area (Å²) in [4.78, 5) is 13.8. The largest absolute Gasteiger partial charge is 0.508 e. The van der Waals surface area contributed by atoms with Crippen molar-refractivity contribution in [3.05, 3.63) is 57.4 Å². The van der Waals surface area contributed by atoms with Crippen LogP contribution in [0.15, 0.2) is 24.3 Å². The summed E-state index contributed by atoms with van der Waals surface area (Å²) in [6.07, 6.45) is 2.06. The number of benzene rings is 2. The molecular weight excluding hydrogens is 393 g/mol. The highest BCUT2D eigenvalue weighted by Crippen LogP contribution is 2.34. The fourth-order valence-electron chi connectivity index (χ4n) is 3.57. The first-order chi connectivity index (χ1) is 13.8. The summed E-state index contributed by atoms with van der Waals surface area (Å²) in [7, 11) is 0. The van der Waals surface area contributed by atoms with Crippen molar-refractivity contribution in [1.82, 2.24) is 4.90 Å². The Bertz CT molecular complexity index is 909. The summed E-state index contributed by atoms with van der Waals surface area (Å²) in [5, 5.41) is 10.5. The van der Waals surface area contributed by atoms with Crippen LogP contribution in [0.3, 0.4) is 0 Å². The molecule has 1 heterocycles. The highest BCUT2D eigenvalue weighted by Gasteiger charge is 2.21. The molecule has 1 fully saturated rings. The lowest BCUT2D eigenvalue weighted by Gasteiger charge is -2.30. The number of aromatic hydroxyl groups is 1. The van der Waals surface area contributed by atoms with E-state index in [0.717, 1.165) is 30.6 Å². The summed E-state index contributed by atoms with van der Waals surface area (Å²) < 4.78 is 20.6. The highest BCUT2D eigenvalue weighted by molar-refractivity contribution is 6.31. The average molecular weight is 420 g/mol. The zero-order chi connectivity index (χ0) is 21.1. The molecule has 0 spiro atoms. The predicted molar refractivity (Wildman–Crippen MR) is 112 cm³/mol. The second kappa shape index (κ2) is 9.04. The molecule has 2 aromatic carbocycles. The smallest absolute Gasteiger partial charge is 0.260 e. The Morgan fingerprint density at radius 3 is 2.59 bits per heavy atom. The maximum absolute atomic E-state index is 15.0. The lowest BCUT2D eigenvalue weighted by molar-refractivity contribution is -0.136. The van der Waals surface area contributed by atoms with E-state index in [0.29, 0.717) is 34.7 Å². The van der Waals surface area contributed by atoms with Crippen molar-refractivity contribution < 1.29 is 19.0 Å². The molecule has 0 radical (unpaired) electrons. The van der Waals surface area contributed by atoms with E-state index in [2.05, 4.69) is 0 Å². The van der Waals surface area contributed by atoms with Gasteiger partial charge in [0, 0.05) is 30.1 Å². The van der Waals surface area contributed by atoms with Crippen molar-refractivity contribution in [3.8, 4) is 11.5 Å². The number of rotatable bonds is 7. The van der Waals surface area contributed by atoms with Crippen LogP contribution in [0, 0.1) is 5.82 Å². The molecule has 3 rings (SSSR count). The molecule has 1 aliphatic rings. The van der Waals surface area contributed by atoms with E-state index in [9.17, 15) is 14.3 Å². The average Bonchev–Trinajstić information content (AvgIpc) is 2.62. The predicted octanol–water partition coefficient (Wildman–Crippen LogP) is 5.07. The van der Waals surface area contributed by atoms with Gasteiger partial charge in [0.05, 0.1) is 0 Å². The highest BCUT2D eigenvalue weighted by atomic mass is 35.5. The monoisotopic (exact) mass is 419 g/mol. The van der Waals surface area contributed by atoms with Crippen LogP contribution in [0.25, 0.3) is 0 Å². The van der Waals surface area contributed by atoms with E-state index in [1.54, 1.807) is 17.0 Å². The SMILES string of the molecule is CCc1cc(OCC(=O)N2CCC2)cc(Cl)c1Cc1ccc(O)c(C(C)C)c1F. The van der Waals surface area contributed by atoms with Gasteiger partial charge in [0.15, 0.2) is 6.61 Å². The molecule has 0 atom stereocenters. The molecule has 0 unspecified atom stereocenters. The molecule has 1 N–H and O–H groups in total. The van der Waals surface area contributed by atoms with Crippen molar-refractivity contribution in [1.29, 1.82) is 0 Å². The van der Waals surface area contributed by atoms with E-state index in [4.69, 9.17) is 16.3 Å². The molecular formula is C23H27ClFNO3. The number of ether oxygens (including phenoxy) is 1. The van der Waals surface area contributed by atoms with Gasteiger partial charge in [0.25, 0.3) is 5.91 Å². The van der Waals surface area contributed by atoms with E-state index in [1.165, 1.54) is 6.07 Å². The topological polar surface area (TPSA) is 49.8 Å². The third kappa shape index (κ3) is 4.67. The lowest BCUT2D eigenvalue weighted by Crippen LogP contribution is -2.44. The maximum Gasteiger partial charge on any atom is 0.260 e. The Kier molecular flexibility index (Phi) is 6.68. The van der Waals surface area contributed by atoms with Crippen molar-refractivity contribution in [2.45, 2.75) is 46.0 Å². The Labute approximate surface area is 176 Å². The van der Waals surface area contributed by atoms with E-state index in [1.807, 2.05) is 26.8 Å². The van der Waals surface area contributed by atoms with Crippen LogP contribution in [-0.2, 0) is 17.6 Å². The van der Waals surface area contributed by atoms with Gasteiger partial charge in [-0.05, 0) is 53.6 Å². The van der Waals surface area contributed by atoms with Gasteiger partial charge < -0.3 is 14.7 Å². The summed E-state index contributed by atoms with van der Waals surface area (Å²) in [5.41, 5.74) is 2.59. The van der Waals surface area contributed by atoms with Crippen molar-refractivity contribution in [2.24, 2.45) is 0 Å². The zero-order valence-corrected chi connectivity index (χ0v) is 17.9. The van der Waals surface area contributed by atoms with Gasteiger partial charge in [-0.2, -0.15) is 0 Å². The van der Waals surface area contributed by atoms with Gasteiger partial charge >= 0.3 is 0 Å². The molecule has 29 heavy (non-hydrogen) atoms. The summed E-state index contributed by atoms with van der Waals surface area (Å²) in [6, 6.07) is 6.68. The summed E-state index contributed by atoms with van der Waals surface area (Å²) >= 11 is 6.52. The molecule has 0 bridgehead atoms. The van der Waals surface area contributed by atoms with Crippen molar-refractivity contribution in [3.63, 3.8) is 0 Å². The molecule has 6 heteroatoms. The summed E-state index contributed by atoms with van der Waals surface area (Å²) in [5.74, 6) is -0.0338. The summed E-state index contributed by atoms with van der Waals surface area (Å²) in [6.45, 7) is 7.26. The van der Waals surface area contributed by atoms with Gasteiger partial charge in [-0.15, -0.1) is 0 Å². The molecule has 1 amide bonds. The molecule has 4 nitrogen and oxygen atoms in total. The Morgan fingerprint density at radius 2 is 2.00 bits per heavy atom. The van der Waals surface area contributed by atoms with E-state index in [-0.39, 0.29) is 24.2 Å². The van der Waals surface area contributed by atoms with Crippen LogP contribution < -0.4 is 4.74 Å². The van der Waals surface area contributed by atoms with Crippen molar-refractivity contribution in [2.75, 3.05) is 19.7 Å². The molecule has 2 aromatic rings. The van der Waals surface area contributed by atoms with Crippen LogP contribution >= 0.6 is 11.6 Å². The number of halogens is 2. The number of hydrogen-bond acceptors (Lipinski definition) is 3. The minimum atomic E-state index is -0.390. The number of carbonyl (C=O) groups excluding carboxylic acids is 1. The molecule has 0 aliphatic carbocycles. The van der Waals surface area contributed by atoms with Crippen LogP contribution in [0.4, 0.5) is 4.39 Å². The molecule has 0 aromatic heterocycles. The Balaban J connectivity index is 1.83. The number of phenolic OH excluding ortho intramolecular Hbond substituents is 1. The maximum atomic E-state index is 15.0. The van der Waals surface area contributed by atoms with Gasteiger partial charge in [0.2, 0.25) is 0 Å². The first-order valence-corrected chi connectivity index (χ1v) is 10.4. The third-order valence-electron chi connectivity index (χ3n) is 5.39. The standard InChI is InChI=1S/C23H27ClFNO3/c1-4-15-10-17(29-13-21(28)26-8-5-9-26)12-19(24)18(15)11-16-6-7-20(27)22(14(2)3)23(16)25/h6-7,10,12,14,27H,4-5,8-9,11,13H2,1-3H3. The van der Waals surface area contributed by atoms with Crippen LogP contribution in [-0.4, -0.2) is 35.6 Å².